The van der Waals surface area contributed by atoms with Crippen LogP contribution >= 0.6 is 0 Å². The van der Waals surface area contributed by atoms with E-state index in [-0.39, 0.29) is 29.6 Å². The van der Waals surface area contributed by atoms with Crippen LogP contribution in [0.2, 0.25) is 0 Å². The van der Waals surface area contributed by atoms with E-state index < -0.39 is 5.82 Å². The lowest BCUT2D eigenvalue weighted by Crippen LogP contribution is -2.45. The van der Waals surface area contributed by atoms with Gasteiger partial charge in [-0.25, -0.2) is 13.8 Å². The normalized spacial score (nSPS) is 21.4. The van der Waals surface area contributed by atoms with Crippen LogP contribution in [-0.2, 0) is 6.42 Å². The van der Waals surface area contributed by atoms with Crippen LogP contribution in [0.4, 0.5) is 8.78 Å². The fourth-order valence-electron chi connectivity index (χ4n) is 4.25. The molecule has 2 aliphatic rings. The van der Waals surface area contributed by atoms with Crippen molar-refractivity contribution in [2.24, 2.45) is 0 Å². The molecule has 0 saturated carbocycles. The topological polar surface area (TPSA) is 72.1 Å². The van der Waals surface area contributed by atoms with Gasteiger partial charge in [-0.3, -0.25) is 4.79 Å². The Morgan fingerprint density at radius 2 is 1.93 bits per heavy atom. The first-order valence-corrected chi connectivity index (χ1v) is 9.63. The first kappa shape index (κ1) is 17.9. The van der Waals surface area contributed by atoms with Crippen molar-refractivity contribution >= 4 is 5.91 Å². The zero-order valence-electron chi connectivity index (χ0n) is 15.5. The Kier molecular flexibility index (Phi) is 4.34. The van der Waals surface area contributed by atoms with Crippen molar-refractivity contribution in [1.29, 1.82) is 0 Å². The van der Waals surface area contributed by atoms with Crippen molar-refractivity contribution in [3.05, 3.63) is 65.1 Å². The highest BCUT2D eigenvalue weighted by Gasteiger charge is 2.37. The van der Waals surface area contributed by atoms with Crippen molar-refractivity contribution in [1.82, 2.24) is 20.0 Å². The molecule has 148 valence electrons. The summed E-state index contributed by atoms with van der Waals surface area (Å²) in [5.41, 5.74) is 1.74. The van der Waals surface area contributed by atoms with Crippen molar-refractivity contribution < 1.29 is 18.1 Å². The third-order valence-corrected chi connectivity index (χ3v) is 5.77. The molecule has 2 aliphatic heterocycles. The number of aryl methyl sites for hydroxylation is 1. The maximum Gasteiger partial charge on any atom is 0.276 e. The maximum absolute atomic E-state index is 13.6. The fourth-order valence-corrected chi connectivity index (χ4v) is 4.25. The minimum absolute atomic E-state index is 0.0600. The smallest absolute Gasteiger partial charge is 0.276 e. The van der Waals surface area contributed by atoms with Gasteiger partial charge in [0.1, 0.15) is 17.3 Å². The highest BCUT2D eigenvalue weighted by Crippen LogP contribution is 2.35. The van der Waals surface area contributed by atoms with Crippen LogP contribution in [0.3, 0.4) is 0 Å². The summed E-state index contributed by atoms with van der Waals surface area (Å²) in [6.07, 6.45) is 4.25. The maximum atomic E-state index is 13.6. The van der Waals surface area contributed by atoms with Crippen LogP contribution in [-0.4, -0.2) is 38.5 Å². The summed E-state index contributed by atoms with van der Waals surface area (Å²) in [6, 6.07) is 7.26. The Morgan fingerprint density at radius 3 is 2.76 bits per heavy atom. The van der Waals surface area contributed by atoms with Gasteiger partial charge in [0.05, 0.1) is 6.20 Å². The average molecular weight is 396 g/mol. The van der Waals surface area contributed by atoms with Gasteiger partial charge in [-0.2, -0.15) is 4.98 Å². The molecule has 0 unspecified atom stereocenters. The standard InChI is InChI=1S/C21H18F2N4O2/c22-14-3-7-17-12(9-14)1-5-16-6-2-13(11-27(16)21(17)28)19-25-20(29-26-19)18-8-4-15(23)10-24-18/h3-4,7-10,13,16H,1-2,5-6,11H2/t13-,16+/m0/s1. The number of hydrogen-bond acceptors (Lipinski definition) is 5. The highest BCUT2D eigenvalue weighted by molar-refractivity contribution is 5.96. The third kappa shape index (κ3) is 3.28. The number of fused-ring (bicyclic) bond motifs is 2. The van der Waals surface area contributed by atoms with Crippen LogP contribution in [0.25, 0.3) is 11.6 Å². The van der Waals surface area contributed by atoms with Crippen LogP contribution in [0.5, 0.6) is 0 Å². The molecule has 1 fully saturated rings. The summed E-state index contributed by atoms with van der Waals surface area (Å²) < 4.78 is 32.0. The summed E-state index contributed by atoms with van der Waals surface area (Å²) in [5.74, 6) is -0.146. The van der Waals surface area contributed by atoms with E-state index in [9.17, 15) is 13.6 Å². The second-order valence-electron chi connectivity index (χ2n) is 7.55. The second kappa shape index (κ2) is 7.02. The predicted molar refractivity (Wildman–Crippen MR) is 99.0 cm³/mol. The van der Waals surface area contributed by atoms with E-state index in [4.69, 9.17) is 4.52 Å². The number of benzene rings is 1. The van der Waals surface area contributed by atoms with Crippen molar-refractivity contribution in [2.45, 2.75) is 37.6 Å². The number of carbonyl (C=O) groups excluding carboxylic acids is 1. The van der Waals surface area contributed by atoms with Gasteiger partial charge in [-0.1, -0.05) is 5.16 Å². The lowest BCUT2D eigenvalue weighted by Gasteiger charge is -2.37. The van der Waals surface area contributed by atoms with Crippen LogP contribution in [0.15, 0.2) is 41.1 Å². The largest absolute Gasteiger partial charge is 0.335 e. The average Bonchev–Trinajstić information content (AvgIpc) is 3.18. The second-order valence-corrected chi connectivity index (χ2v) is 7.55. The Balaban J connectivity index is 1.39. The molecule has 8 heteroatoms. The van der Waals surface area contributed by atoms with Gasteiger partial charge in [0.2, 0.25) is 0 Å². The summed E-state index contributed by atoms with van der Waals surface area (Å²) in [5, 5.41) is 4.07. The predicted octanol–water partition coefficient (Wildman–Crippen LogP) is 3.74. The Hall–Kier alpha value is -3.16. The lowest BCUT2D eigenvalue weighted by atomic mass is 9.90. The van der Waals surface area contributed by atoms with Crippen molar-refractivity contribution in [2.75, 3.05) is 6.54 Å². The summed E-state index contributed by atoms with van der Waals surface area (Å²) in [4.78, 5) is 23.4. The Morgan fingerprint density at radius 1 is 1.07 bits per heavy atom. The molecular weight excluding hydrogens is 378 g/mol. The molecule has 1 aromatic carbocycles. The van der Waals surface area contributed by atoms with Crippen molar-refractivity contribution in [3.63, 3.8) is 0 Å². The molecular formula is C21H18F2N4O2. The molecule has 0 N–H and O–H groups in total. The number of piperidine rings is 1. The molecule has 5 rings (SSSR count). The van der Waals surface area contributed by atoms with Gasteiger partial charge < -0.3 is 9.42 Å². The first-order chi connectivity index (χ1) is 14.1. The third-order valence-electron chi connectivity index (χ3n) is 5.77. The van der Waals surface area contributed by atoms with Crippen molar-refractivity contribution in [3.8, 4) is 11.6 Å². The van der Waals surface area contributed by atoms with Crippen LogP contribution in [0, 0.1) is 11.6 Å². The van der Waals surface area contributed by atoms with E-state index in [1.807, 2.05) is 4.90 Å². The molecule has 29 heavy (non-hydrogen) atoms. The number of carbonyl (C=O) groups is 1. The van der Waals surface area contributed by atoms with E-state index in [0.29, 0.717) is 30.0 Å². The highest BCUT2D eigenvalue weighted by atomic mass is 19.1. The van der Waals surface area contributed by atoms with E-state index >= 15 is 0 Å². The molecule has 4 heterocycles. The van der Waals surface area contributed by atoms with E-state index in [2.05, 4.69) is 15.1 Å². The van der Waals surface area contributed by atoms with E-state index in [1.165, 1.54) is 24.3 Å². The molecule has 1 saturated heterocycles. The number of halogens is 2. The molecule has 1 amide bonds. The minimum Gasteiger partial charge on any atom is -0.335 e. The van der Waals surface area contributed by atoms with E-state index in [0.717, 1.165) is 31.0 Å². The number of rotatable bonds is 2. The first-order valence-electron chi connectivity index (χ1n) is 9.63. The molecule has 2 atom stereocenters. The number of aromatic nitrogens is 3. The summed E-state index contributed by atoms with van der Waals surface area (Å²) in [7, 11) is 0. The number of hydrogen-bond donors (Lipinski definition) is 0. The monoisotopic (exact) mass is 396 g/mol. The van der Waals surface area contributed by atoms with E-state index in [1.54, 1.807) is 6.07 Å². The molecule has 2 aromatic heterocycles. The quantitative estimate of drug-likeness (QED) is 0.660. The van der Waals surface area contributed by atoms with Gasteiger partial charge in [0, 0.05) is 24.1 Å². The van der Waals surface area contributed by atoms with Crippen LogP contribution in [0.1, 0.15) is 46.9 Å². The Labute approximate surface area is 165 Å². The van der Waals surface area contributed by atoms with Crippen LogP contribution < -0.4 is 0 Å². The molecule has 0 spiro atoms. The van der Waals surface area contributed by atoms with Gasteiger partial charge in [0.15, 0.2) is 5.82 Å². The molecule has 0 bridgehead atoms. The fraction of sp³-hybridized carbons (Fsp3) is 0.333. The number of pyridine rings is 1. The van der Waals surface area contributed by atoms with Gasteiger partial charge in [-0.15, -0.1) is 0 Å². The summed E-state index contributed by atoms with van der Waals surface area (Å²) >= 11 is 0. The van der Waals surface area contributed by atoms with Gasteiger partial charge in [-0.05, 0) is 61.6 Å². The Bertz CT molecular complexity index is 1070. The number of amides is 1. The summed E-state index contributed by atoms with van der Waals surface area (Å²) in [6.45, 7) is 0.482. The number of nitrogens with zero attached hydrogens (tertiary/aromatic N) is 4. The lowest BCUT2D eigenvalue weighted by molar-refractivity contribution is 0.0582. The SMILES string of the molecule is O=C1c2ccc(F)cc2CC[C@@H]2CC[C@H](c3noc(-c4ccc(F)cn4)n3)CN12. The minimum atomic E-state index is -0.438. The molecule has 0 radical (unpaired) electrons. The zero-order valence-corrected chi connectivity index (χ0v) is 15.5. The molecule has 0 aliphatic carbocycles. The van der Waals surface area contributed by atoms with Gasteiger partial charge >= 0.3 is 0 Å². The molecule has 6 nitrogen and oxygen atoms in total. The zero-order chi connectivity index (χ0) is 20.0. The molecule has 3 aromatic rings. The van der Waals surface area contributed by atoms with Gasteiger partial charge in [0.25, 0.3) is 11.8 Å².